The van der Waals surface area contributed by atoms with E-state index in [4.69, 9.17) is 9.63 Å². The Labute approximate surface area is 100 Å². The third-order valence-corrected chi connectivity index (χ3v) is 4.14. The Hall–Kier alpha value is -1.73. The lowest BCUT2D eigenvalue weighted by Gasteiger charge is -2.15. The van der Waals surface area contributed by atoms with E-state index in [1.54, 1.807) is 30.9 Å². The van der Waals surface area contributed by atoms with Gasteiger partial charge in [0.15, 0.2) is 0 Å². The molecule has 2 rings (SSSR count). The third-order valence-electron chi connectivity index (χ3n) is 2.34. The van der Waals surface area contributed by atoms with Crippen LogP contribution in [0.1, 0.15) is 0 Å². The van der Waals surface area contributed by atoms with E-state index in [0.717, 1.165) is 0 Å². The van der Waals surface area contributed by atoms with Crippen molar-refractivity contribution in [2.75, 3.05) is 6.66 Å². The smallest absolute Gasteiger partial charge is 0.274 e. The second-order valence-corrected chi connectivity index (χ2v) is 6.16. The van der Waals surface area contributed by atoms with Gasteiger partial charge in [-0.15, -0.1) is 0 Å². The second-order valence-electron chi connectivity index (χ2n) is 3.77. The van der Waals surface area contributed by atoms with Gasteiger partial charge in [0.05, 0.1) is 0 Å². The molecule has 0 bridgehead atoms. The molecule has 1 atom stereocenters. The molecule has 0 saturated carbocycles. The minimum Gasteiger partial charge on any atom is -0.508 e. The number of hydrogen-bond donors (Lipinski definition) is 1. The molecule has 1 N–H and O–H groups in total. The molecule has 1 unspecified atom stereocenters. The first-order valence-electron chi connectivity index (χ1n) is 5.20. The third kappa shape index (κ3) is 2.89. The molecule has 0 spiro atoms. The van der Waals surface area contributed by atoms with E-state index in [1.807, 2.05) is 18.2 Å². The van der Waals surface area contributed by atoms with Gasteiger partial charge in [-0.05, 0) is 36.4 Å². The molecule has 0 amide bonds. The molecule has 0 saturated heterocycles. The van der Waals surface area contributed by atoms with E-state index in [1.165, 1.54) is 12.1 Å². The van der Waals surface area contributed by atoms with Crippen molar-refractivity contribution in [1.29, 1.82) is 0 Å². The molecule has 88 valence electrons. The Morgan fingerprint density at radius 3 is 2.18 bits per heavy atom. The minimum absolute atomic E-state index is 0.156. The van der Waals surface area contributed by atoms with Gasteiger partial charge in [-0.3, -0.25) is 4.57 Å². The number of aromatic hydroxyl groups is 1. The number of benzene rings is 2. The summed E-state index contributed by atoms with van der Waals surface area (Å²) in [5.41, 5.74) is 0. The summed E-state index contributed by atoms with van der Waals surface area (Å²) >= 11 is 0. The zero-order valence-corrected chi connectivity index (χ0v) is 10.3. The summed E-state index contributed by atoms with van der Waals surface area (Å²) in [5.74, 6) is 0.639. The first-order chi connectivity index (χ1) is 8.08. The van der Waals surface area contributed by atoms with Crippen molar-refractivity contribution < 1.29 is 14.2 Å². The molecule has 17 heavy (non-hydrogen) atoms. The summed E-state index contributed by atoms with van der Waals surface area (Å²) in [7, 11) is -2.86. The highest BCUT2D eigenvalue weighted by atomic mass is 31.2. The van der Waals surface area contributed by atoms with Gasteiger partial charge in [0.25, 0.3) is 7.37 Å². The van der Waals surface area contributed by atoms with Crippen molar-refractivity contribution in [2.45, 2.75) is 0 Å². The van der Waals surface area contributed by atoms with Crippen LogP contribution in [0, 0.1) is 0 Å². The maximum absolute atomic E-state index is 12.4. The summed E-state index contributed by atoms with van der Waals surface area (Å²) in [6.07, 6.45) is 0. The van der Waals surface area contributed by atoms with E-state index < -0.39 is 7.37 Å². The van der Waals surface area contributed by atoms with Gasteiger partial charge in [0.2, 0.25) is 0 Å². The van der Waals surface area contributed by atoms with Crippen LogP contribution in [0.15, 0.2) is 54.6 Å². The molecular weight excluding hydrogens is 235 g/mol. The predicted molar refractivity (Wildman–Crippen MR) is 68.3 cm³/mol. The molecule has 4 heteroatoms. The first kappa shape index (κ1) is 11.7. The first-order valence-corrected chi connectivity index (χ1v) is 7.27. The lowest BCUT2D eigenvalue weighted by molar-refractivity contribution is 0.471. The van der Waals surface area contributed by atoms with Crippen LogP contribution in [0.2, 0.25) is 0 Å². The zero-order valence-electron chi connectivity index (χ0n) is 9.41. The van der Waals surface area contributed by atoms with E-state index in [9.17, 15) is 4.57 Å². The van der Waals surface area contributed by atoms with Crippen molar-refractivity contribution in [1.82, 2.24) is 0 Å². The number of rotatable bonds is 3. The van der Waals surface area contributed by atoms with E-state index >= 15 is 0 Å². The SMILES string of the molecule is CP(=O)(Oc1ccc(O)cc1)c1ccccc1. The summed E-state index contributed by atoms with van der Waals surface area (Å²) in [5, 5.41) is 9.82. The number of phenolic OH excluding ortho intramolecular Hbond substituents is 1. The Kier molecular flexibility index (Phi) is 3.21. The van der Waals surface area contributed by atoms with Crippen molar-refractivity contribution in [3.05, 3.63) is 54.6 Å². The quantitative estimate of drug-likeness (QED) is 0.849. The summed E-state index contributed by atoms with van der Waals surface area (Å²) in [6.45, 7) is 1.58. The van der Waals surface area contributed by atoms with E-state index in [-0.39, 0.29) is 5.75 Å². The van der Waals surface area contributed by atoms with Gasteiger partial charge in [-0.25, -0.2) is 0 Å². The molecule has 0 aliphatic heterocycles. The Bertz CT molecular complexity index is 534. The Morgan fingerprint density at radius 2 is 1.59 bits per heavy atom. The number of hydrogen-bond acceptors (Lipinski definition) is 3. The lowest BCUT2D eigenvalue weighted by Crippen LogP contribution is -2.07. The molecule has 0 aromatic heterocycles. The molecular formula is C13H13O3P. The van der Waals surface area contributed by atoms with Crippen LogP contribution < -0.4 is 9.83 Å². The molecule has 0 aliphatic rings. The summed E-state index contributed by atoms with van der Waals surface area (Å²) < 4.78 is 17.9. The molecule has 0 fully saturated rings. The van der Waals surface area contributed by atoms with Gasteiger partial charge in [-0.1, -0.05) is 18.2 Å². The average Bonchev–Trinajstić information content (AvgIpc) is 2.33. The lowest BCUT2D eigenvalue weighted by atomic mass is 10.3. The van der Waals surface area contributed by atoms with Gasteiger partial charge in [0.1, 0.15) is 11.5 Å². The van der Waals surface area contributed by atoms with E-state index in [0.29, 0.717) is 11.1 Å². The van der Waals surface area contributed by atoms with Gasteiger partial charge in [0, 0.05) is 12.0 Å². The van der Waals surface area contributed by atoms with Gasteiger partial charge < -0.3 is 9.63 Å². The van der Waals surface area contributed by atoms with Crippen LogP contribution in [-0.2, 0) is 4.57 Å². The second kappa shape index (κ2) is 4.64. The fraction of sp³-hybridized carbons (Fsp3) is 0.0769. The average molecular weight is 248 g/mol. The standard InChI is InChI=1S/C13H13O3P/c1-17(15,13-5-3-2-4-6-13)16-12-9-7-11(14)8-10-12/h2-10,14H,1H3. The van der Waals surface area contributed by atoms with Crippen LogP contribution in [0.4, 0.5) is 0 Å². The molecule has 0 heterocycles. The summed E-state index contributed by atoms with van der Waals surface area (Å²) in [6, 6.07) is 15.3. The number of phenols is 1. The van der Waals surface area contributed by atoms with Crippen molar-refractivity contribution in [3.63, 3.8) is 0 Å². The fourth-order valence-electron chi connectivity index (χ4n) is 1.46. The van der Waals surface area contributed by atoms with Crippen LogP contribution in [0.25, 0.3) is 0 Å². The van der Waals surface area contributed by atoms with Gasteiger partial charge in [-0.2, -0.15) is 0 Å². The Balaban J connectivity index is 2.23. The highest BCUT2D eigenvalue weighted by Crippen LogP contribution is 2.42. The maximum Gasteiger partial charge on any atom is 0.274 e. The van der Waals surface area contributed by atoms with Crippen molar-refractivity contribution >= 4 is 12.7 Å². The minimum atomic E-state index is -2.86. The van der Waals surface area contributed by atoms with E-state index in [2.05, 4.69) is 0 Å². The maximum atomic E-state index is 12.4. The fourth-order valence-corrected chi connectivity index (χ4v) is 2.80. The topological polar surface area (TPSA) is 46.5 Å². The van der Waals surface area contributed by atoms with Crippen LogP contribution >= 0.6 is 7.37 Å². The van der Waals surface area contributed by atoms with Crippen molar-refractivity contribution in [2.24, 2.45) is 0 Å². The van der Waals surface area contributed by atoms with Crippen molar-refractivity contribution in [3.8, 4) is 11.5 Å². The molecule has 2 aromatic carbocycles. The predicted octanol–water partition coefficient (Wildman–Crippen LogP) is 3.00. The van der Waals surface area contributed by atoms with Crippen LogP contribution in [0.5, 0.6) is 11.5 Å². The highest BCUT2D eigenvalue weighted by Gasteiger charge is 2.19. The van der Waals surface area contributed by atoms with Crippen LogP contribution in [-0.4, -0.2) is 11.8 Å². The zero-order chi connectivity index (χ0) is 12.3. The highest BCUT2D eigenvalue weighted by molar-refractivity contribution is 7.66. The molecule has 2 aromatic rings. The molecule has 0 aliphatic carbocycles. The Morgan fingerprint density at radius 1 is 1.00 bits per heavy atom. The normalized spacial score (nSPS) is 13.9. The molecule has 3 nitrogen and oxygen atoms in total. The largest absolute Gasteiger partial charge is 0.508 e. The van der Waals surface area contributed by atoms with Crippen LogP contribution in [0.3, 0.4) is 0 Å². The monoisotopic (exact) mass is 248 g/mol. The summed E-state index contributed by atoms with van der Waals surface area (Å²) in [4.78, 5) is 0. The van der Waals surface area contributed by atoms with Gasteiger partial charge >= 0.3 is 0 Å². The molecule has 0 radical (unpaired) electrons.